The van der Waals surface area contributed by atoms with Crippen LogP contribution >= 0.6 is 0 Å². The Morgan fingerprint density at radius 1 is 1.40 bits per heavy atom. The molecule has 0 aromatic heterocycles. The van der Waals surface area contributed by atoms with E-state index >= 15 is 0 Å². The average Bonchev–Trinajstić information content (AvgIpc) is 2.74. The molecule has 0 amide bonds. The molecular formula is C12H17NO2. The molecule has 2 rings (SSSR count). The van der Waals surface area contributed by atoms with E-state index < -0.39 is 0 Å². The number of benzene rings is 1. The predicted molar refractivity (Wildman–Crippen MR) is 59.1 cm³/mol. The first-order chi connectivity index (χ1) is 7.40. The highest BCUT2D eigenvalue weighted by Gasteiger charge is 2.16. The maximum absolute atomic E-state index is 8.94. The highest BCUT2D eigenvalue weighted by atomic mass is 16.5. The monoisotopic (exact) mass is 207 g/mol. The molecule has 2 N–H and O–H groups in total. The van der Waals surface area contributed by atoms with Crippen LogP contribution in [0.2, 0.25) is 0 Å². The van der Waals surface area contributed by atoms with Gasteiger partial charge in [-0.3, -0.25) is 0 Å². The van der Waals surface area contributed by atoms with Crippen LogP contribution in [-0.2, 0) is 6.42 Å². The normalized spacial score (nSPS) is 20.5. The van der Waals surface area contributed by atoms with E-state index in [-0.39, 0.29) is 12.7 Å². The zero-order chi connectivity index (χ0) is 10.5. The molecule has 3 nitrogen and oxygen atoms in total. The van der Waals surface area contributed by atoms with Crippen LogP contribution in [0.3, 0.4) is 0 Å². The van der Waals surface area contributed by atoms with Crippen molar-refractivity contribution in [2.24, 2.45) is 0 Å². The topological polar surface area (TPSA) is 41.5 Å². The fourth-order valence-electron chi connectivity index (χ4n) is 1.85. The van der Waals surface area contributed by atoms with Crippen molar-refractivity contribution in [1.29, 1.82) is 0 Å². The van der Waals surface area contributed by atoms with E-state index in [0.717, 1.165) is 30.8 Å². The summed E-state index contributed by atoms with van der Waals surface area (Å²) in [5.74, 6) is 0.917. The lowest BCUT2D eigenvalue weighted by Gasteiger charge is -2.15. The van der Waals surface area contributed by atoms with Gasteiger partial charge in [0.05, 0.1) is 0 Å². The fraction of sp³-hybridized carbons (Fsp3) is 0.500. The average molecular weight is 207 g/mol. The molecule has 1 saturated heterocycles. The van der Waals surface area contributed by atoms with Crippen molar-refractivity contribution in [3.63, 3.8) is 0 Å². The minimum Gasteiger partial charge on any atom is -0.489 e. The Balaban J connectivity index is 2.05. The van der Waals surface area contributed by atoms with E-state index in [9.17, 15) is 0 Å². The molecule has 0 bridgehead atoms. The van der Waals surface area contributed by atoms with E-state index in [2.05, 4.69) is 5.32 Å². The van der Waals surface area contributed by atoms with Crippen molar-refractivity contribution in [2.45, 2.75) is 18.9 Å². The SMILES string of the molecule is OCCc1ccccc1O[C@H]1CCNC1. The first kappa shape index (κ1) is 10.5. The van der Waals surface area contributed by atoms with Gasteiger partial charge in [0.2, 0.25) is 0 Å². The van der Waals surface area contributed by atoms with Crippen LogP contribution in [0.1, 0.15) is 12.0 Å². The standard InChI is InChI=1S/C12H17NO2/c14-8-6-10-3-1-2-4-12(10)15-11-5-7-13-9-11/h1-4,11,13-14H,5-9H2/t11-/m0/s1. The van der Waals surface area contributed by atoms with Gasteiger partial charge in [-0.05, 0) is 31.0 Å². The van der Waals surface area contributed by atoms with Gasteiger partial charge in [0.1, 0.15) is 11.9 Å². The maximum atomic E-state index is 8.94. The highest BCUT2D eigenvalue weighted by molar-refractivity contribution is 5.33. The van der Waals surface area contributed by atoms with Crippen LogP contribution in [0.15, 0.2) is 24.3 Å². The van der Waals surface area contributed by atoms with E-state index in [1.54, 1.807) is 0 Å². The van der Waals surface area contributed by atoms with Crippen molar-refractivity contribution in [3.8, 4) is 5.75 Å². The van der Waals surface area contributed by atoms with E-state index in [0.29, 0.717) is 6.42 Å². The number of nitrogens with one attached hydrogen (secondary N) is 1. The van der Waals surface area contributed by atoms with Crippen LogP contribution in [0.5, 0.6) is 5.75 Å². The van der Waals surface area contributed by atoms with Crippen molar-refractivity contribution in [3.05, 3.63) is 29.8 Å². The summed E-state index contributed by atoms with van der Waals surface area (Å²) in [6.07, 6.45) is 2.01. The Morgan fingerprint density at radius 3 is 3.00 bits per heavy atom. The number of hydrogen-bond acceptors (Lipinski definition) is 3. The predicted octanol–water partition coefficient (Wildman–Crippen LogP) is 0.962. The molecule has 1 atom stereocenters. The minimum atomic E-state index is 0.170. The molecule has 1 aliphatic rings. The first-order valence-electron chi connectivity index (χ1n) is 5.46. The molecule has 0 radical (unpaired) electrons. The maximum Gasteiger partial charge on any atom is 0.123 e. The lowest BCUT2D eigenvalue weighted by Crippen LogP contribution is -2.20. The number of rotatable bonds is 4. The van der Waals surface area contributed by atoms with Gasteiger partial charge >= 0.3 is 0 Å². The summed E-state index contributed by atoms with van der Waals surface area (Å²) in [7, 11) is 0. The zero-order valence-electron chi connectivity index (χ0n) is 8.78. The number of aliphatic hydroxyl groups is 1. The van der Waals surface area contributed by atoms with Crippen molar-refractivity contribution < 1.29 is 9.84 Å². The molecule has 15 heavy (non-hydrogen) atoms. The lowest BCUT2D eigenvalue weighted by molar-refractivity contribution is 0.218. The van der Waals surface area contributed by atoms with Gasteiger partial charge in [0.25, 0.3) is 0 Å². The number of hydrogen-bond donors (Lipinski definition) is 2. The Hall–Kier alpha value is -1.06. The second-order valence-electron chi connectivity index (χ2n) is 3.81. The van der Waals surface area contributed by atoms with E-state index in [1.165, 1.54) is 0 Å². The summed E-state index contributed by atoms with van der Waals surface area (Å²) in [5, 5.41) is 12.2. The smallest absolute Gasteiger partial charge is 0.123 e. The molecule has 0 unspecified atom stereocenters. The van der Waals surface area contributed by atoms with Crippen molar-refractivity contribution in [1.82, 2.24) is 5.32 Å². The van der Waals surface area contributed by atoms with E-state index in [4.69, 9.17) is 9.84 Å². The fourth-order valence-corrected chi connectivity index (χ4v) is 1.85. The Labute approximate surface area is 90.1 Å². The van der Waals surface area contributed by atoms with Crippen molar-refractivity contribution in [2.75, 3.05) is 19.7 Å². The van der Waals surface area contributed by atoms with Gasteiger partial charge in [-0.1, -0.05) is 18.2 Å². The summed E-state index contributed by atoms with van der Waals surface area (Å²) >= 11 is 0. The van der Waals surface area contributed by atoms with Gasteiger partial charge in [0, 0.05) is 13.2 Å². The van der Waals surface area contributed by atoms with Crippen molar-refractivity contribution >= 4 is 0 Å². The van der Waals surface area contributed by atoms with Crippen LogP contribution in [-0.4, -0.2) is 30.9 Å². The molecule has 1 fully saturated rings. The summed E-state index contributed by atoms with van der Waals surface area (Å²) in [5.41, 5.74) is 1.09. The molecule has 1 aliphatic heterocycles. The van der Waals surface area contributed by atoms with Crippen LogP contribution in [0.25, 0.3) is 0 Å². The molecule has 1 heterocycles. The Bertz CT molecular complexity index is 308. The van der Waals surface area contributed by atoms with Gasteiger partial charge < -0.3 is 15.2 Å². The number of para-hydroxylation sites is 1. The van der Waals surface area contributed by atoms with Crippen LogP contribution in [0.4, 0.5) is 0 Å². The van der Waals surface area contributed by atoms with Gasteiger partial charge in [-0.15, -0.1) is 0 Å². The molecule has 82 valence electrons. The first-order valence-corrected chi connectivity index (χ1v) is 5.46. The number of aliphatic hydroxyl groups excluding tert-OH is 1. The van der Waals surface area contributed by atoms with Crippen LogP contribution in [0, 0.1) is 0 Å². The highest BCUT2D eigenvalue weighted by Crippen LogP contribution is 2.21. The van der Waals surface area contributed by atoms with Gasteiger partial charge in [-0.2, -0.15) is 0 Å². The third-order valence-corrected chi connectivity index (χ3v) is 2.66. The van der Waals surface area contributed by atoms with Gasteiger partial charge in [0.15, 0.2) is 0 Å². The molecule has 0 spiro atoms. The molecule has 0 aliphatic carbocycles. The number of ether oxygens (including phenoxy) is 1. The van der Waals surface area contributed by atoms with Crippen LogP contribution < -0.4 is 10.1 Å². The quantitative estimate of drug-likeness (QED) is 0.772. The summed E-state index contributed by atoms with van der Waals surface area (Å²) < 4.78 is 5.89. The third-order valence-electron chi connectivity index (χ3n) is 2.66. The Morgan fingerprint density at radius 2 is 2.27 bits per heavy atom. The zero-order valence-corrected chi connectivity index (χ0v) is 8.78. The van der Waals surface area contributed by atoms with Gasteiger partial charge in [-0.25, -0.2) is 0 Å². The Kier molecular flexibility index (Phi) is 3.59. The largest absolute Gasteiger partial charge is 0.489 e. The second kappa shape index (κ2) is 5.14. The molecule has 3 heteroatoms. The molecule has 0 saturated carbocycles. The molecular weight excluding hydrogens is 190 g/mol. The lowest BCUT2D eigenvalue weighted by atomic mass is 10.1. The summed E-state index contributed by atoms with van der Waals surface area (Å²) in [4.78, 5) is 0. The molecule has 1 aromatic carbocycles. The summed E-state index contributed by atoms with van der Waals surface area (Å²) in [6.45, 7) is 2.13. The van der Waals surface area contributed by atoms with E-state index in [1.807, 2.05) is 24.3 Å². The minimum absolute atomic E-state index is 0.170. The second-order valence-corrected chi connectivity index (χ2v) is 3.81. The third kappa shape index (κ3) is 2.70. The molecule has 1 aromatic rings. The summed E-state index contributed by atoms with van der Waals surface area (Å²) in [6, 6.07) is 7.93.